The van der Waals surface area contributed by atoms with Crippen molar-refractivity contribution >= 4 is 33.2 Å². The molecule has 3 amide bonds. The number of rotatable bonds is 8. The van der Waals surface area contributed by atoms with Crippen LogP contribution in [0.2, 0.25) is 0 Å². The molecular weight excluding hydrogens is 512 g/mol. The van der Waals surface area contributed by atoms with Crippen molar-refractivity contribution in [3.63, 3.8) is 0 Å². The Morgan fingerprint density at radius 1 is 1.16 bits per heavy atom. The van der Waals surface area contributed by atoms with Gasteiger partial charge in [-0.05, 0) is 55.4 Å². The van der Waals surface area contributed by atoms with E-state index in [1.807, 2.05) is 18.2 Å². The molecule has 3 aromatic rings. The van der Waals surface area contributed by atoms with Crippen molar-refractivity contribution in [1.29, 1.82) is 0 Å². The summed E-state index contributed by atoms with van der Waals surface area (Å²) in [5, 5.41) is 2.93. The first-order chi connectivity index (χ1) is 18.1. The van der Waals surface area contributed by atoms with Gasteiger partial charge >= 0.3 is 12.1 Å². The summed E-state index contributed by atoms with van der Waals surface area (Å²) < 4.78 is 33.4. The molecule has 11 heteroatoms. The fourth-order valence-electron chi connectivity index (χ4n) is 4.40. The Labute approximate surface area is 223 Å². The van der Waals surface area contributed by atoms with Crippen LogP contribution >= 0.6 is 10.0 Å². The van der Waals surface area contributed by atoms with E-state index >= 15 is 0 Å². The number of fused-ring (bicyclic) bond motifs is 1. The van der Waals surface area contributed by atoms with E-state index in [4.69, 9.17) is 4.74 Å². The number of hydrogen-bond donors (Lipinski definition) is 2. The standard InChI is InChI=1S/C27H35F2N5O3S/c1-38(2,3)13-12-37-27(36)33-10-8-22(9-11-33)34(17-20-5-6-21(28)15-23(20)29)26(35)30-16-19-4-7-24-25(14-19)32-18-31-24/h4-7,14-15,18,22H,8-13,16-17H2,1-3H3,(H,30,35)(H,31,32). The molecule has 4 rings (SSSR count). The molecule has 0 saturated carbocycles. The van der Waals surface area contributed by atoms with Crippen LogP contribution in [-0.2, 0) is 17.8 Å². The van der Waals surface area contributed by atoms with Crippen LogP contribution in [-0.4, -0.2) is 82.2 Å². The van der Waals surface area contributed by atoms with Gasteiger partial charge in [-0.25, -0.2) is 33.4 Å². The zero-order valence-corrected chi connectivity index (χ0v) is 22.8. The minimum Gasteiger partial charge on any atom is -0.449 e. The first kappa shape index (κ1) is 27.7. The van der Waals surface area contributed by atoms with Gasteiger partial charge in [0.15, 0.2) is 0 Å². The lowest BCUT2D eigenvalue weighted by Crippen LogP contribution is -2.51. The van der Waals surface area contributed by atoms with Crippen molar-refractivity contribution in [2.24, 2.45) is 0 Å². The van der Waals surface area contributed by atoms with Crippen LogP contribution in [0, 0.1) is 11.6 Å². The highest BCUT2D eigenvalue weighted by Crippen LogP contribution is 2.33. The number of benzene rings is 2. The normalized spacial score (nSPS) is 14.9. The lowest BCUT2D eigenvalue weighted by Gasteiger charge is -2.38. The van der Waals surface area contributed by atoms with Gasteiger partial charge in [0, 0.05) is 43.1 Å². The van der Waals surface area contributed by atoms with Crippen LogP contribution in [0.4, 0.5) is 18.4 Å². The number of likely N-dealkylation sites (tertiary alicyclic amines) is 1. The van der Waals surface area contributed by atoms with Gasteiger partial charge in [-0.2, -0.15) is 0 Å². The molecule has 1 fully saturated rings. The summed E-state index contributed by atoms with van der Waals surface area (Å²) in [5.74, 6) is -0.523. The van der Waals surface area contributed by atoms with Crippen LogP contribution in [0.15, 0.2) is 42.7 Å². The summed E-state index contributed by atoms with van der Waals surface area (Å²) in [7, 11) is -0.755. The van der Waals surface area contributed by atoms with Crippen LogP contribution in [0.1, 0.15) is 24.0 Å². The van der Waals surface area contributed by atoms with Gasteiger partial charge in [-0.3, -0.25) is 0 Å². The average molecular weight is 548 g/mol. The second-order valence-electron chi connectivity index (χ2n) is 10.4. The van der Waals surface area contributed by atoms with Crippen LogP contribution in [0.5, 0.6) is 0 Å². The molecule has 38 heavy (non-hydrogen) atoms. The summed E-state index contributed by atoms with van der Waals surface area (Å²) in [6.45, 7) is 1.51. The molecule has 0 unspecified atom stereocenters. The monoisotopic (exact) mass is 547 g/mol. The van der Waals surface area contributed by atoms with Crippen molar-refractivity contribution in [3.8, 4) is 0 Å². The second kappa shape index (κ2) is 12.0. The minimum absolute atomic E-state index is 0.0129. The van der Waals surface area contributed by atoms with E-state index in [1.165, 1.54) is 12.1 Å². The van der Waals surface area contributed by atoms with Gasteiger partial charge in [0.1, 0.15) is 18.2 Å². The summed E-state index contributed by atoms with van der Waals surface area (Å²) in [5.41, 5.74) is 2.81. The SMILES string of the molecule is CS(C)(C)CCOC(=O)N1CCC(N(Cc2ccc(F)cc2F)C(=O)NCc2ccc3nc[nH]c3c2)CC1. The summed E-state index contributed by atoms with van der Waals surface area (Å²) in [6, 6.07) is 8.47. The number of imidazole rings is 1. The molecule has 0 atom stereocenters. The predicted molar refractivity (Wildman–Crippen MR) is 146 cm³/mol. The van der Waals surface area contributed by atoms with Crippen molar-refractivity contribution in [2.45, 2.75) is 32.0 Å². The minimum atomic E-state index is -0.755. The molecular formula is C27H35F2N5O3S. The Morgan fingerprint density at radius 2 is 1.92 bits per heavy atom. The molecule has 2 aromatic carbocycles. The Morgan fingerprint density at radius 3 is 2.63 bits per heavy atom. The Balaban J connectivity index is 1.40. The lowest BCUT2D eigenvalue weighted by atomic mass is 10.0. The maximum atomic E-state index is 14.5. The first-order valence-electron chi connectivity index (χ1n) is 12.6. The zero-order valence-electron chi connectivity index (χ0n) is 22.0. The molecule has 0 spiro atoms. The third-order valence-electron chi connectivity index (χ3n) is 6.63. The van der Waals surface area contributed by atoms with Crippen LogP contribution < -0.4 is 5.32 Å². The number of piperidine rings is 1. The highest BCUT2D eigenvalue weighted by atomic mass is 32.3. The van der Waals surface area contributed by atoms with E-state index in [-0.39, 0.29) is 36.8 Å². The molecule has 0 bridgehead atoms. The third-order valence-corrected chi connectivity index (χ3v) is 8.02. The van der Waals surface area contributed by atoms with E-state index in [9.17, 15) is 18.4 Å². The number of carbonyl (C=O) groups is 2. The maximum absolute atomic E-state index is 14.5. The lowest BCUT2D eigenvalue weighted by molar-refractivity contribution is 0.0803. The molecule has 1 aliphatic rings. The fourth-order valence-corrected chi connectivity index (χ4v) is 4.99. The highest BCUT2D eigenvalue weighted by Gasteiger charge is 2.31. The average Bonchev–Trinajstić information content (AvgIpc) is 3.34. The Bertz CT molecular complexity index is 1270. The van der Waals surface area contributed by atoms with E-state index < -0.39 is 21.7 Å². The van der Waals surface area contributed by atoms with Gasteiger partial charge in [-0.15, -0.1) is 0 Å². The van der Waals surface area contributed by atoms with Gasteiger partial charge in [0.25, 0.3) is 0 Å². The number of ether oxygens (including phenoxy) is 1. The molecule has 1 aromatic heterocycles. The van der Waals surface area contributed by atoms with Gasteiger partial charge < -0.3 is 24.8 Å². The van der Waals surface area contributed by atoms with Gasteiger partial charge in [0.05, 0.1) is 23.9 Å². The number of amides is 3. The third kappa shape index (κ3) is 7.37. The van der Waals surface area contributed by atoms with Crippen molar-refractivity contribution in [3.05, 3.63) is 65.5 Å². The Kier molecular flexibility index (Phi) is 8.76. The first-order valence-corrected chi connectivity index (χ1v) is 15.6. The molecule has 1 saturated heterocycles. The number of carbonyl (C=O) groups excluding carboxylic acids is 2. The number of aromatic amines is 1. The number of nitrogens with one attached hydrogen (secondary N) is 2. The van der Waals surface area contributed by atoms with E-state index in [0.717, 1.165) is 28.4 Å². The number of aromatic nitrogens is 2. The second-order valence-corrected chi connectivity index (χ2v) is 15.0. The van der Waals surface area contributed by atoms with E-state index in [0.29, 0.717) is 32.5 Å². The Hall–Kier alpha value is -3.34. The number of halogens is 2. The number of urea groups is 1. The number of H-pyrrole nitrogens is 1. The molecule has 0 aliphatic carbocycles. The van der Waals surface area contributed by atoms with E-state index in [1.54, 1.807) is 16.1 Å². The summed E-state index contributed by atoms with van der Waals surface area (Å²) >= 11 is 0. The molecule has 206 valence electrons. The zero-order chi connectivity index (χ0) is 27.3. The summed E-state index contributed by atoms with van der Waals surface area (Å²) in [4.78, 5) is 36.4. The van der Waals surface area contributed by atoms with Crippen molar-refractivity contribution < 1.29 is 23.1 Å². The molecule has 1 aliphatic heterocycles. The maximum Gasteiger partial charge on any atom is 0.409 e. The molecule has 8 nitrogen and oxygen atoms in total. The molecule has 2 N–H and O–H groups in total. The molecule has 2 heterocycles. The quantitative estimate of drug-likeness (QED) is 0.422. The van der Waals surface area contributed by atoms with Crippen LogP contribution in [0.25, 0.3) is 11.0 Å². The fraction of sp³-hybridized carbons (Fsp3) is 0.444. The topological polar surface area (TPSA) is 90.6 Å². The van der Waals surface area contributed by atoms with E-state index in [2.05, 4.69) is 34.1 Å². The number of hydrogen-bond acceptors (Lipinski definition) is 4. The van der Waals surface area contributed by atoms with Crippen LogP contribution in [0.3, 0.4) is 0 Å². The van der Waals surface area contributed by atoms with Crippen molar-refractivity contribution in [2.75, 3.05) is 44.2 Å². The smallest absolute Gasteiger partial charge is 0.409 e. The van der Waals surface area contributed by atoms with Gasteiger partial charge in [0.2, 0.25) is 0 Å². The van der Waals surface area contributed by atoms with Crippen molar-refractivity contribution in [1.82, 2.24) is 25.1 Å². The molecule has 0 radical (unpaired) electrons. The largest absolute Gasteiger partial charge is 0.449 e. The highest BCUT2D eigenvalue weighted by molar-refractivity contribution is 8.32. The predicted octanol–water partition coefficient (Wildman–Crippen LogP) is 4.85. The summed E-state index contributed by atoms with van der Waals surface area (Å²) in [6.07, 6.45) is 8.83. The number of nitrogens with zero attached hydrogens (tertiary/aromatic N) is 3. The van der Waals surface area contributed by atoms with Gasteiger partial charge in [-0.1, -0.05) is 12.1 Å².